The number of alkyl halides is 3. The highest BCUT2D eigenvalue weighted by atomic mass is 19.4. The monoisotopic (exact) mass is 420 g/mol. The summed E-state index contributed by atoms with van der Waals surface area (Å²) in [6.45, 7) is 8.05. The summed E-state index contributed by atoms with van der Waals surface area (Å²) in [5, 5.41) is 5.08. The van der Waals surface area contributed by atoms with E-state index in [0.29, 0.717) is 16.8 Å². The normalized spacial score (nSPS) is 12.1. The average Bonchev–Trinajstić information content (AvgIpc) is 2.59. The molecule has 0 spiro atoms. The summed E-state index contributed by atoms with van der Waals surface area (Å²) in [5.74, 6) is -0.422. The van der Waals surface area contributed by atoms with Crippen molar-refractivity contribution in [2.45, 2.75) is 46.2 Å². The van der Waals surface area contributed by atoms with E-state index in [1.54, 1.807) is 19.1 Å². The maximum absolute atomic E-state index is 12.8. The number of hydrogen-bond donors (Lipinski definition) is 2. The molecule has 0 aliphatic rings. The van der Waals surface area contributed by atoms with Crippen molar-refractivity contribution in [3.8, 4) is 0 Å². The zero-order chi connectivity index (χ0) is 22.7. The lowest BCUT2D eigenvalue weighted by atomic mass is 9.83. The Labute approximate surface area is 172 Å². The van der Waals surface area contributed by atoms with E-state index in [-0.39, 0.29) is 23.6 Å². The molecule has 2 aromatic rings. The zero-order valence-corrected chi connectivity index (χ0v) is 17.3. The number of anilines is 2. The summed E-state index contributed by atoms with van der Waals surface area (Å²) in [4.78, 5) is 31.2. The second kappa shape index (κ2) is 8.64. The number of halogens is 3. The first-order valence-corrected chi connectivity index (χ1v) is 9.10. The Morgan fingerprint density at radius 2 is 1.47 bits per heavy atom. The van der Waals surface area contributed by atoms with Crippen LogP contribution in [0.4, 0.5) is 24.9 Å². The molecule has 0 fully saturated rings. The molecule has 2 amide bonds. The summed E-state index contributed by atoms with van der Waals surface area (Å²) in [5.41, 5.74) is 0.398. The molecule has 0 saturated heterocycles. The fourth-order valence-electron chi connectivity index (χ4n) is 2.73. The minimum absolute atomic E-state index is 0.0582. The maximum Gasteiger partial charge on any atom is 0.416 e. The predicted molar refractivity (Wildman–Crippen MR) is 109 cm³/mol. The Balaban J connectivity index is 2.41. The van der Waals surface area contributed by atoms with Gasteiger partial charge in [0.2, 0.25) is 17.8 Å². The summed E-state index contributed by atoms with van der Waals surface area (Å²) in [6, 6.07) is 4.96. The predicted octanol–water partition coefficient (Wildman–Crippen LogP) is 4.71. The van der Waals surface area contributed by atoms with Crippen LogP contribution in [0.5, 0.6) is 0 Å². The Morgan fingerprint density at radius 3 is 1.97 bits per heavy atom. The Morgan fingerprint density at radius 1 is 0.933 bits per heavy atom. The molecule has 6 nitrogen and oxygen atoms in total. The van der Waals surface area contributed by atoms with E-state index < -0.39 is 17.2 Å². The number of benzene rings is 1. The van der Waals surface area contributed by atoms with Crippen LogP contribution in [0.2, 0.25) is 0 Å². The lowest BCUT2D eigenvalue weighted by molar-refractivity contribution is -0.137. The third kappa shape index (κ3) is 5.88. The first-order valence-electron chi connectivity index (χ1n) is 9.10. The van der Waals surface area contributed by atoms with Gasteiger partial charge in [-0.25, -0.2) is 4.98 Å². The van der Waals surface area contributed by atoms with Crippen molar-refractivity contribution in [3.05, 3.63) is 52.7 Å². The van der Waals surface area contributed by atoms with Gasteiger partial charge < -0.3 is 5.32 Å². The van der Waals surface area contributed by atoms with E-state index >= 15 is 0 Å². The SMILES string of the molecule is CC(=O)Nc1nc(C)c(/C=C/C(C)(C)c2ccc(C(F)(F)F)cc2)c(NC(C)=O)n1. The second-order valence-corrected chi connectivity index (χ2v) is 7.39. The number of amides is 2. The number of carbonyl (C=O) groups is 2. The van der Waals surface area contributed by atoms with Gasteiger partial charge in [-0.15, -0.1) is 0 Å². The number of nitrogens with zero attached hydrogens (tertiary/aromatic N) is 2. The van der Waals surface area contributed by atoms with Gasteiger partial charge in [0.25, 0.3) is 0 Å². The van der Waals surface area contributed by atoms with Crippen molar-refractivity contribution in [2.75, 3.05) is 10.6 Å². The van der Waals surface area contributed by atoms with Gasteiger partial charge in [-0.1, -0.05) is 38.1 Å². The molecule has 0 radical (unpaired) electrons. The standard InChI is InChI=1S/C21H23F3N4O2/c1-12-17(18(26-13(2)29)28-19(25-12)27-14(3)30)10-11-20(4,5)15-6-8-16(9-7-15)21(22,23)24/h6-11H,1-5H3,(H2,25,26,27,28,29,30)/b11-10+. The van der Waals surface area contributed by atoms with Gasteiger partial charge in [0.15, 0.2) is 0 Å². The molecule has 30 heavy (non-hydrogen) atoms. The lowest BCUT2D eigenvalue weighted by Crippen LogP contribution is -2.16. The summed E-state index contributed by atoms with van der Waals surface area (Å²) in [6.07, 6.45) is -0.892. The molecular weight excluding hydrogens is 397 g/mol. The molecule has 1 aromatic heterocycles. The molecule has 0 unspecified atom stereocenters. The highest BCUT2D eigenvalue weighted by Gasteiger charge is 2.30. The molecular formula is C21H23F3N4O2. The maximum atomic E-state index is 12.8. The first-order chi connectivity index (χ1) is 13.8. The minimum Gasteiger partial charge on any atom is -0.310 e. The fraction of sp³-hybridized carbons (Fsp3) is 0.333. The zero-order valence-electron chi connectivity index (χ0n) is 17.3. The van der Waals surface area contributed by atoms with Crippen molar-refractivity contribution in [2.24, 2.45) is 0 Å². The molecule has 0 saturated carbocycles. The quantitative estimate of drug-likeness (QED) is 0.734. The van der Waals surface area contributed by atoms with E-state index in [0.717, 1.165) is 12.1 Å². The van der Waals surface area contributed by atoms with E-state index in [1.165, 1.54) is 26.0 Å². The largest absolute Gasteiger partial charge is 0.416 e. The highest BCUT2D eigenvalue weighted by Crippen LogP contribution is 2.33. The first kappa shape index (κ1) is 23.1. The molecule has 2 N–H and O–H groups in total. The van der Waals surface area contributed by atoms with Gasteiger partial charge in [0.05, 0.1) is 11.3 Å². The topological polar surface area (TPSA) is 84.0 Å². The Bertz CT molecular complexity index is 981. The van der Waals surface area contributed by atoms with Gasteiger partial charge in [-0.2, -0.15) is 18.2 Å². The number of allylic oxidation sites excluding steroid dienone is 1. The molecule has 0 atom stereocenters. The molecule has 0 aliphatic carbocycles. The van der Waals surface area contributed by atoms with Crippen molar-refractivity contribution < 1.29 is 22.8 Å². The summed E-state index contributed by atoms with van der Waals surface area (Å²) >= 11 is 0. The molecule has 160 valence electrons. The number of aromatic nitrogens is 2. The van der Waals surface area contributed by atoms with Crippen molar-refractivity contribution in [1.29, 1.82) is 0 Å². The van der Waals surface area contributed by atoms with Crippen LogP contribution in [0.1, 0.15) is 50.1 Å². The molecule has 1 aromatic carbocycles. The Kier molecular flexibility index (Phi) is 6.64. The van der Waals surface area contributed by atoms with Gasteiger partial charge in [0, 0.05) is 24.8 Å². The van der Waals surface area contributed by atoms with E-state index in [4.69, 9.17) is 0 Å². The van der Waals surface area contributed by atoms with Gasteiger partial charge in [-0.05, 0) is 24.6 Å². The smallest absolute Gasteiger partial charge is 0.310 e. The van der Waals surface area contributed by atoms with Crippen LogP contribution < -0.4 is 10.6 Å². The van der Waals surface area contributed by atoms with E-state index in [1.807, 2.05) is 13.8 Å². The van der Waals surface area contributed by atoms with E-state index in [9.17, 15) is 22.8 Å². The lowest BCUT2D eigenvalue weighted by Gasteiger charge is -2.22. The van der Waals surface area contributed by atoms with Crippen LogP contribution in [0.15, 0.2) is 30.3 Å². The van der Waals surface area contributed by atoms with Crippen molar-refractivity contribution in [1.82, 2.24) is 9.97 Å². The van der Waals surface area contributed by atoms with Crippen LogP contribution in [0.25, 0.3) is 6.08 Å². The van der Waals surface area contributed by atoms with E-state index in [2.05, 4.69) is 20.6 Å². The average molecular weight is 420 g/mol. The fourth-order valence-corrected chi connectivity index (χ4v) is 2.73. The Hall–Kier alpha value is -3.23. The molecule has 1 heterocycles. The number of rotatable bonds is 5. The van der Waals surface area contributed by atoms with Crippen LogP contribution in [-0.2, 0) is 21.2 Å². The van der Waals surface area contributed by atoms with Crippen molar-refractivity contribution in [3.63, 3.8) is 0 Å². The minimum atomic E-state index is -4.39. The van der Waals surface area contributed by atoms with Gasteiger partial charge >= 0.3 is 6.18 Å². The summed E-state index contributed by atoms with van der Waals surface area (Å²) in [7, 11) is 0. The van der Waals surface area contributed by atoms with Crippen LogP contribution in [0, 0.1) is 6.92 Å². The number of nitrogens with one attached hydrogen (secondary N) is 2. The summed E-state index contributed by atoms with van der Waals surface area (Å²) < 4.78 is 38.4. The molecule has 0 aliphatic heterocycles. The van der Waals surface area contributed by atoms with Gasteiger partial charge in [0.1, 0.15) is 5.82 Å². The van der Waals surface area contributed by atoms with Crippen molar-refractivity contribution >= 4 is 29.7 Å². The second-order valence-electron chi connectivity index (χ2n) is 7.39. The third-order valence-electron chi connectivity index (χ3n) is 4.34. The van der Waals surface area contributed by atoms with Crippen LogP contribution in [-0.4, -0.2) is 21.8 Å². The number of aryl methyl sites for hydroxylation is 1. The molecule has 0 bridgehead atoms. The van der Waals surface area contributed by atoms with Crippen LogP contribution >= 0.6 is 0 Å². The third-order valence-corrected chi connectivity index (χ3v) is 4.34. The van der Waals surface area contributed by atoms with Gasteiger partial charge in [-0.3, -0.25) is 14.9 Å². The number of hydrogen-bond acceptors (Lipinski definition) is 4. The highest BCUT2D eigenvalue weighted by molar-refractivity contribution is 5.91. The van der Waals surface area contributed by atoms with Crippen LogP contribution in [0.3, 0.4) is 0 Å². The molecule has 2 rings (SSSR count). The number of carbonyl (C=O) groups excluding carboxylic acids is 2. The molecule has 9 heteroatoms.